The molecule has 36 heavy (non-hydrogen) atoms. The highest BCUT2D eigenvalue weighted by Gasteiger charge is 2.50. The average Bonchev–Trinajstić information content (AvgIpc) is 3.35. The number of hydrogen-bond donors (Lipinski definition) is 1. The van der Waals surface area contributed by atoms with Crippen molar-refractivity contribution in [2.75, 3.05) is 6.54 Å². The Bertz CT molecular complexity index is 1170. The van der Waals surface area contributed by atoms with Crippen molar-refractivity contribution < 1.29 is 13.9 Å². The summed E-state index contributed by atoms with van der Waals surface area (Å²) in [6.45, 7) is 5.55. The van der Waals surface area contributed by atoms with Crippen molar-refractivity contribution in [2.45, 2.75) is 64.4 Å². The number of carbonyl (C=O) groups excluding carboxylic acids is 1. The van der Waals surface area contributed by atoms with E-state index in [-0.39, 0.29) is 11.3 Å². The lowest BCUT2D eigenvalue weighted by molar-refractivity contribution is -0.0504. The highest BCUT2D eigenvalue weighted by Crippen LogP contribution is 2.59. The van der Waals surface area contributed by atoms with Crippen LogP contribution in [0.2, 0.25) is 0 Å². The van der Waals surface area contributed by atoms with Crippen molar-refractivity contribution in [3.8, 4) is 5.75 Å². The minimum atomic E-state index is -0.107. The van der Waals surface area contributed by atoms with Crippen LogP contribution in [0.1, 0.15) is 79.8 Å². The highest BCUT2D eigenvalue weighted by molar-refractivity contribution is 5.91. The molecule has 3 aromatic rings. The SMILES string of the molecule is CC(C)(c1ccccc1)c1ccc(OCc2ccc(C(=O)NCC34CC5CC(CC(C5)C3)C4)o2)cc1. The summed E-state index contributed by atoms with van der Waals surface area (Å²) in [5.74, 6) is 4.37. The number of carbonyl (C=O) groups is 1. The molecule has 0 radical (unpaired) electrons. The van der Waals surface area contributed by atoms with Crippen LogP contribution in [0.25, 0.3) is 0 Å². The van der Waals surface area contributed by atoms with Crippen LogP contribution in [0.5, 0.6) is 5.75 Å². The van der Waals surface area contributed by atoms with Gasteiger partial charge in [0.15, 0.2) is 5.76 Å². The molecule has 0 unspecified atom stereocenters. The molecule has 7 rings (SSSR count). The Kier molecular flexibility index (Phi) is 5.94. The molecule has 1 heterocycles. The fourth-order valence-electron chi connectivity index (χ4n) is 7.58. The molecule has 0 atom stereocenters. The van der Waals surface area contributed by atoms with Crippen LogP contribution >= 0.6 is 0 Å². The summed E-state index contributed by atoms with van der Waals surface area (Å²) in [5.41, 5.74) is 2.75. The number of hydrogen-bond acceptors (Lipinski definition) is 3. The third-order valence-corrected chi connectivity index (χ3v) is 9.13. The summed E-state index contributed by atoms with van der Waals surface area (Å²) < 4.78 is 11.8. The van der Waals surface area contributed by atoms with E-state index in [0.717, 1.165) is 30.0 Å². The summed E-state index contributed by atoms with van der Waals surface area (Å²) in [6, 6.07) is 22.4. The van der Waals surface area contributed by atoms with Gasteiger partial charge in [0.2, 0.25) is 0 Å². The second kappa shape index (κ2) is 9.14. The maximum atomic E-state index is 12.8. The van der Waals surface area contributed by atoms with E-state index in [9.17, 15) is 4.79 Å². The first-order valence-corrected chi connectivity index (χ1v) is 13.5. The molecule has 4 aliphatic rings. The molecule has 4 saturated carbocycles. The van der Waals surface area contributed by atoms with E-state index >= 15 is 0 Å². The van der Waals surface area contributed by atoms with Gasteiger partial charge in [-0.1, -0.05) is 56.3 Å². The second-order valence-corrected chi connectivity index (χ2v) is 12.2. The number of ether oxygens (including phenoxy) is 1. The zero-order valence-electron chi connectivity index (χ0n) is 21.5. The number of nitrogens with one attached hydrogen (secondary N) is 1. The predicted octanol–water partition coefficient (Wildman–Crippen LogP) is 7.13. The first kappa shape index (κ1) is 23.4. The molecule has 0 saturated heterocycles. The summed E-state index contributed by atoms with van der Waals surface area (Å²) >= 11 is 0. The van der Waals surface area contributed by atoms with Crippen LogP contribution in [0, 0.1) is 23.2 Å². The third kappa shape index (κ3) is 4.58. The summed E-state index contributed by atoms with van der Waals surface area (Å²) in [5, 5.41) is 3.20. The predicted molar refractivity (Wildman–Crippen MR) is 141 cm³/mol. The Hall–Kier alpha value is -3.01. The average molecular weight is 484 g/mol. The highest BCUT2D eigenvalue weighted by atomic mass is 16.5. The van der Waals surface area contributed by atoms with Gasteiger partial charge in [0.25, 0.3) is 5.91 Å². The van der Waals surface area contributed by atoms with E-state index in [1.165, 1.54) is 49.7 Å². The third-order valence-electron chi connectivity index (χ3n) is 9.13. The van der Waals surface area contributed by atoms with Crippen LogP contribution in [0.3, 0.4) is 0 Å². The smallest absolute Gasteiger partial charge is 0.287 e. The fourth-order valence-corrected chi connectivity index (χ4v) is 7.58. The van der Waals surface area contributed by atoms with Crippen molar-refractivity contribution in [2.24, 2.45) is 23.2 Å². The molecule has 188 valence electrons. The number of amides is 1. The molecule has 0 aliphatic heterocycles. The summed E-state index contributed by atoms with van der Waals surface area (Å²) in [7, 11) is 0. The zero-order valence-corrected chi connectivity index (χ0v) is 21.5. The van der Waals surface area contributed by atoms with Crippen molar-refractivity contribution in [3.63, 3.8) is 0 Å². The largest absolute Gasteiger partial charge is 0.486 e. The first-order valence-electron chi connectivity index (χ1n) is 13.5. The Morgan fingerprint density at radius 1 is 0.889 bits per heavy atom. The topological polar surface area (TPSA) is 51.5 Å². The molecule has 2 aromatic carbocycles. The number of furan rings is 1. The Labute approximate surface area is 214 Å². The quantitative estimate of drug-likeness (QED) is 0.371. The van der Waals surface area contributed by atoms with Crippen molar-refractivity contribution in [3.05, 3.63) is 89.4 Å². The standard InChI is InChI=1S/C32H37NO3/c1-31(2,25-6-4-3-5-7-25)26-8-10-27(11-9-26)35-20-28-12-13-29(36-28)30(34)33-21-32-17-22-14-23(18-32)16-24(15-22)19-32/h3-13,22-24H,14-21H2,1-2H3,(H,33,34). The molecular weight excluding hydrogens is 446 g/mol. The molecule has 1 amide bonds. The van der Waals surface area contributed by atoms with Gasteiger partial charge in [-0.15, -0.1) is 0 Å². The van der Waals surface area contributed by atoms with Gasteiger partial charge in [0.1, 0.15) is 18.1 Å². The minimum absolute atomic E-state index is 0.0841. The number of benzene rings is 2. The van der Waals surface area contributed by atoms with Crippen molar-refractivity contribution in [1.29, 1.82) is 0 Å². The van der Waals surface area contributed by atoms with Gasteiger partial charge in [-0.05, 0) is 97.1 Å². The Balaban J connectivity index is 1.03. The van der Waals surface area contributed by atoms with E-state index in [2.05, 4.69) is 55.6 Å². The van der Waals surface area contributed by atoms with Gasteiger partial charge in [-0.25, -0.2) is 0 Å². The van der Waals surface area contributed by atoms with Gasteiger partial charge in [0, 0.05) is 12.0 Å². The van der Waals surface area contributed by atoms with Crippen molar-refractivity contribution in [1.82, 2.24) is 5.32 Å². The molecule has 0 spiro atoms. The van der Waals surface area contributed by atoms with E-state index < -0.39 is 0 Å². The van der Waals surface area contributed by atoms with Gasteiger partial charge < -0.3 is 14.5 Å². The fraction of sp³-hybridized carbons (Fsp3) is 0.469. The Morgan fingerprint density at radius 3 is 2.14 bits per heavy atom. The lowest BCUT2D eigenvalue weighted by Crippen LogP contribution is -2.51. The van der Waals surface area contributed by atoms with Crippen LogP contribution in [-0.2, 0) is 12.0 Å². The van der Waals surface area contributed by atoms with E-state index in [1.807, 2.05) is 24.3 Å². The maximum absolute atomic E-state index is 12.8. The van der Waals surface area contributed by atoms with E-state index in [4.69, 9.17) is 9.15 Å². The van der Waals surface area contributed by atoms with Crippen LogP contribution in [0.4, 0.5) is 0 Å². The summed E-state index contributed by atoms with van der Waals surface area (Å²) in [4.78, 5) is 12.8. The normalized spacial score (nSPS) is 26.7. The molecule has 1 aromatic heterocycles. The van der Waals surface area contributed by atoms with E-state index in [0.29, 0.717) is 23.5 Å². The molecule has 1 N–H and O–H groups in total. The molecule has 4 aliphatic carbocycles. The van der Waals surface area contributed by atoms with Crippen molar-refractivity contribution >= 4 is 5.91 Å². The van der Waals surface area contributed by atoms with Crippen LogP contribution in [-0.4, -0.2) is 12.5 Å². The van der Waals surface area contributed by atoms with Gasteiger partial charge in [-0.3, -0.25) is 4.79 Å². The molecule has 4 bridgehead atoms. The molecule has 4 heteroatoms. The second-order valence-electron chi connectivity index (χ2n) is 12.2. The minimum Gasteiger partial charge on any atom is -0.486 e. The van der Waals surface area contributed by atoms with Crippen LogP contribution in [0.15, 0.2) is 71.1 Å². The van der Waals surface area contributed by atoms with Crippen LogP contribution < -0.4 is 10.1 Å². The lowest BCUT2D eigenvalue weighted by atomic mass is 9.49. The van der Waals surface area contributed by atoms with E-state index in [1.54, 1.807) is 6.07 Å². The lowest BCUT2D eigenvalue weighted by Gasteiger charge is -2.56. The molecular formula is C32H37NO3. The summed E-state index contributed by atoms with van der Waals surface area (Å²) in [6.07, 6.45) is 8.13. The Morgan fingerprint density at radius 2 is 1.50 bits per heavy atom. The number of rotatable bonds is 8. The molecule has 4 nitrogen and oxygen atoms in total. The maximum Gasteiger partial charge on any atom is 0.287 e. The van der Waals surface area contributed by atoms with Gasteiger partial charge in [-0.2, -0.15) is 0 Å². The first-order chi connectivity index (χ1) is 17.4. The monoisotopic (exact) mass is 483 g/mol. The van der Waals surface area contributed by atoms with Gasteiger partial charge in [0.05, 0.1) is 0 Å². The van der Waals surface area contributed by atoms with Gasteiger partial charge >= 0.3 is 0 Å². The molecule has 4 fully saturated rings. The zero-order chi connectivity index (χ0) is 24.8.